The lowest BCUT2D eigenvalue weighted by Gasteiger charge is -2.05. The quantitative estimate of drug-likeness (QED) is 0.644. The van der Waals surface area contributed by atoms with E-state index >= 15 is 0 Å². The van der Waals surface area contributed by atoms with E-state index in [4.69, 9.17) is 5.11 Å². The minimum absolute atomic E-state index is 0.201. The molecule has 0 saturated heterocycles. The molecule has 2 N–H and O–H groups in total. The number of hydrogen-bond donors (Lipinski definition) is 2. The van der Waals surface area contributed by atoms with Crippen molar-refractivity contribution in [1.82, 2.24) is 9.97 Å². The molecule has 1 aromatic heterocycles. The first-order valence-corrected chi connectivity index (χ1v) is 3.97. The molecule has 0 aliphatic carbocycles. The molecule has 1 rings (SSSR count). The highest BCUT2D eigenvalue weighted by Crippen LogP contribution is 2.04. The minimum atomic E-state index is 0.201. The number of aliphatic hydroxyl groups excluding tert-OH is 1. The van der Waals surface area contributed by atoms with Crippen LogP contribution in [0, 0.1) is 6.92 Å². The maximum absolute atomic E-state index is 8.54. The fraction of sp³-hybridized carbons (Fsp3) is 0.500. The third-order valence-corrected chi connectivity index (χ3v) is 1.51. The molecule has 0 aliphatic heterocycles. The highest BCUT2D eigenvalue weighted by molar-refractivity contribution is 5.37. The highest BCUT2D eigenvalue weighted by Gasteiger charge is 1.96. The molecule has 4 heteroatoms. The van der Waals surface area contributed by atoms with Gasteiger partial charge in [0, 0.05) is 25.5 Å². The minimum Gasteiger partial charge on any atom is -0.396 e. The van der Waals surface area contributed by atoms with Crippen LogP contribution >= 0.6 is 0 Å². The van der Waals surface area contributed by atoms with Crippen molar-refractivity contribution in [1.29, 1.82) is 0 Å². The van der Waals surface area contributed by atoms with Gasteiger partial charge in [-0.15, -0.1) is 0 Å². The van der Waals surface area contributed by atoms with Crippen LogP contribution in [0.15, 0.2) is 12.4 Å². The second kappa shape index (κ2) is 4.66. The Bertz CT molecular complexity index is 239. The lowest BCUT2D eigenvalue weighted by Crippen LogP contribution is -2.06. The molecule has 0 bridgehead atoms. The molecule has 12 heavy (non-hydrogen) atoms. The number of nitrogens with zero attached hydrogens (tertiary/aromatic N) is 2. The highest BCUT2D eigenvalue weighted by atomic mass is 16.3. The van der Waals surface area contributed by atoms with E-state index in [0.29, 0.717) is 0 Å². The number of aliphatic hydroxyl groups is 1. The number of anilines is 1. The largest absolute Gasteiger partial charge is 0.396 e. The van der Waals surface area contributed by atoms with Crippen molar-refractivity contribution in [3.05, 3.63) is 18.1 Å². The lowest BCUT2D eigenvalue weighted by atomic mass is 10.4. The fourth-order valence-electron chi connectivity index (χ4n) is 0.867. The van der Waals surface area contributed by atoms with Crippen molar-refractivity contribution in [3.63, 3.8) is 0 Å². The molecule has 1 heterocycles. The average molecular weight is 167 g/mol. The Morgan fingerprint density at radius 3 is 2.83 bits per heavy atom. The van der Waals surface area contributed by atoms with Crippen LogP contribution in [-0.4, -0.2) is 28.2 Å². The molecule has 0 radical (unpaired) electrons. The van der Waals surface area contributed by atoms with Crippen molar-refractivity contribution in [2.45, 2.75) is 13.3 Å². The van der Waals surface area contributed by atoms with Crippen LogP contribution in [0.2, 0.25) is 0 Å². The Kier molecular flexibility index (Phi) is 3.47. The van der Waals surface area contributed by atoms with E-state index in [1.54, 1.807) is 12.4 Å². The Balaban J connectivity index is 2.46. The van der Waals surface area contributed by atoms with E-state index in [9.17, 15) is 0 Å². The number of rotatable bonds is 4. The van der Waals surface area contributed by atoms with Crippen molar-refractivity contribution in [2.24, 2.45) is 0 Å². The summed E-state index contributed by atoms with van der Waals surface area (Å²) in [6, 6.07) is 0. The van der Waals surface area contributed by atoms with Crippen LogP contribution in [0.25, 0.3) is 0 Å². The second-order valence-corrected chi connectivity index (χ2v) is 2.49. The van der Waals surface area contributed by atoms with Gasteiger partial charge in [0.15, 0.2) is 0 Å². The van der Waals surface area contributed by atoms with Gasteiger partial charge in [-0.1, -0.05) is 0 Å². The van der Waals surface area contributed by atoms with Gasteiger partial charge in [-0.05, 0) is 13.3 Å². The van der Waals surface area contributed by atoms with Gasteiger partial charge in [0.1, 0.15) is 5.82 Å². The Morgan fingerprint density at radius 1 is 1.42 bits per heavy atom. The molecule has 66 valence electrons. The SMILES string of the molecule is Cc1nccnc1NCCCO. The first kappa shape index (κ1) is 8.93. The van der Waals surface area contributed by atoms with E-state index in [1.807, 2.05) is 6.92 Å². The molecule has 0 fully saturated rings. The number of nitrogens with one attached hydrogen (secondary N) is 1. The summed E-state index contributed by atoms with van der Waals surface area (Å²) in [4.78, 5) is 8.17. The Morgan fingerprint density at radius 2 is 2.17 bits per heavy atom. The molecule has 0 aliphatic rings. The smallest absolute Gasteiger partial charge is 0.147 e. The lowest BCUT2D eigenvalue weighted by molar-refractivity contribution is 0.292. The molecule has 0 amide bonds. The molecule has 0 atom stereocenters. The van der Waals surface area contributed by atoms with Crippen LogP contribution in [0.1, 0.15) is 12.1 Å². The summed E-state index contributed by atoms with van der Waals surface area (Å²) >= 11 is 0. The monoisotopic (exact) mass is 167 g/mol. The summed E-state index contributed by atoms with van der Waals surface area (Å²) < 4.78 is 0. The third-order valence-electron chi connectivity index (χ3n) is 1.51. The van der Waals surface area contributed by atoms with Crippen molar-refractivity contribution in [2.75, 3.05) is 18.5 Å². The van der Waals surface area contributed by atoms with Gasteiger partial charge in [-0.2, -0.15) is 0 Å². The van der Waals surface area contributed by atoms with Gasteiger partial charge in [-0.25, -0.2) is 4.98 Å². The van der Waals surface area contributed by atoms with Crippen LogP contribution in [0.3, 0.4) is 0 Å². The summed E-state index contributed by atoms with van der Waals surface area (Å²) in [5.41, 5.74) is 0.885. The normalized spacial score (nSPS) is 9.83. The van der Waals surface area contributed by atoms with Gasteiger partial charge in [0.2, 0.25) is 0 Å². The van der Waals surface area contributed by atoms with Crippen LogP contribution in [-0.2, 0) is 0 Å². The number of hydrogen-bond acceptors (Lipinski definition) is 4. The molecule has 0 saturated carbocycles. The summed E-state index contributed by atoms with van der Waals surface area (Å²) in [5.74, 6) is 0.797. The molecule has 1 aromatic rings. The summed E-state index contributed by atoms with van der Waals surface area (Å²) in [7, 11) is 0. The van der Waals surface area contributed by atoms with E-state index in [1.165, 1.54) is 0 Å². The third kappa shape index (κ3) is 2.47. The summed E-state index contributed by atoms with van der Waals surface area (Å²) in [5, 5.41) is 11.6. The van der Waals surface area contributed by atoms with Gasteiger partial charge < -0.3 is 10.4 Å². The molecular formula is C8H13N3O. The van der Waals surface area contributed by atoms with Crippen LogP contribution in [0.4, 0.5) is 5.82 Å². The molecule has 0 unspecified atom stereocenters. The number of aryl methyl sites for hydroxylation is 1. The van der Waals surface area contributed by atoms with Crippen LogP contribution in [0.5, 0.6) is 0 Å². The first-order valence-electron chi connectivity index (χ1n) is 3.97. The zero-order valence-electron chi connectivity index (χ0n) is 7.12. The van der Waals surface area contributed by atoms with E-state index in [0.717, 1.165) is 24.5 Å². The average Bonchev–Trinajstić information content (AvgIpc) is 2.09. The predicted octanol–water partition coefficient (Wildman–Crippen LogP) is 0.579. The maximum atomic E-state index is 8.54. The standard InChI is InChI=1S/C8H13N3O/c1-7-8(10-3-2-6-12)11-5-4-9-7/h4-5,12H,2-3,6H2,1H3,(H,10,11). The molecular weight excluding hydrogens is 154 g/mol. The van der Waals surface area contributed by atoms with Crippen molar-refractivity contribution < 1.29 is 5.11 Å². The van der Waals surface area contributed by atoms with E-state index in [2.05, 4.69) is 15.3 Å². The zero-order valence-corrected chi connectivity index (χ0v) is 7.12. The van der Waals surface area contributed by atoms with Gasteiger partial charge >= 0.3 is 0 Å². The molecule has 4 nitrogen and oxygen atoms in total. The topological polar surface area (TPSA) is 58.0 Å². The van der Waals surface area contributed by atoms with Gasteiger partial charge in [-0.3, -0.25) is 4.98 Å². The van der Waals surface area contributed by atoms with Crippen molar-refractivity contribution in [3.8, 4) is 0 Å². The Labute approximate surface area is 71.7 Å². The zero-order chi connectivity index (χ0) is 8.81. The first-order chi connectivity index (χ1) is 5.84. The fourth-order valence-corrected chi connectivity index (χ4v) is 0.867. The van der Waals surface area contributed by atoms with Crippen molar-refractivity contribution >= 4 is 5.82 Å². The second-order valence-electron chi connectivity index (χ2n) is 2.49. The van der Waals surface area contributed by atoms with Crippen LogP contribution < -0.4 is 5.32 Å². The molecule has 0 aromatic carbocycles. The summed E-state index contributed by atoms with van der Waals surface area (Å²) in [6.45, 7) is 2.83. The number of aromatic nitrogens is 2. The molecule has 0 spiro atoms. The maximum Gasteiger partial charge on any atom is 0.147 e. The van der Waals surface area contributed by atoms with Gasteiger partial charge in [0.25, 0.3) is 0 Å². The van der Waals surface area contributed by atoms with Gasteiger partial charge in [0.05, 0.1) is 5.69 Å². The van der Waals surface area contributed by atoms with E-state index in [-0.39, 0.29) is 6.61 Å². The Hall–Kier alpha value is -1.16. The van der Waals surface area contributed by atoms with E-state index < -0.39 is 0 Å². The predicted molar refractivity (Wildman–Crippen MR) is 47.0 cm³/mol. The summed E-state index contributed by atoms with van der Waals surface area (Å²) in [6.07, 6.45) is 4.04.